The number of nitrogens with zero attached hydrogens (tertiary/aromatic N) is 4. The highest BCUT2D eigenvalue weighted by molar-refractivity contribution is 5.92. The molecule has 0 aliphatic carbocycles. The fourth-order valence-corrected chi connectivity index (χ4v) is 3.49. The number of aromatic nitrogens is 4. The van der Waals surface area contributed by atoms with E-state index in [0.29, 0.717) is 18.8 Å². The Morgan fingerprint density at radius 2 is 2.14 bits per heavy atom. The number of hydrogen-bond acceptors (Lipinski definition) is 5. The highest BCUT2D eigenvalue weighted by Crippen LogP contribution is 2.20. The standard InChI is InChI=1S/C20H30N6O2/c1-20(2,3)17-13-16(23-24-17)19(28)21-14-15-7-4-5-10-25(15)11-12-26-18(27)8-6-9-22-26/h6,8-9,13,15H,4-5,7,10-12,14H2,1-3H3,(H,21,28)(H,23,24). The third-order valence-corrected chi connectivity index (χ3v) is 5.25. The van der Waals surface area contributed by atoms with E-state index in [1.807, 2.05) is 6.07 Å². The summed E-state index contributed by atoms with van der Waals surface area (Å²) in [7, 11) is 0. The second kappa shape index (κ2) is 8.68. The number of H-pyrrole nitrogens is 1. The Bertz CT molecular complexity index is 851. The van der Waals surface area contributed by atoms with Crippen LogP contribution in [0.3, 0.4) is 0 Å². The Morgan fingerprint density at radius 1 is 1.32 bits per heavy atom. The van der Waals surface area contributed by atoms with E-state index in [2.05, 4.69) is 46.3 Å². The molecule has 8 heteroatoms. The lowest BCUT2D eigenvalue weighted by Crippen LogP contribution is -2.48. The largest absolute Gasteiger partial charge is 0.349 e. The maximum absolute atomic E-state index is 12.5. The molecule has 3 heterocycles. The van der Waals surface area contributed by atoms with Crippen LogP contribution in [-0.2, 0) is 12.0 Å². The first-order chi connectivity index (χ1) is 13.3. The van der Waals surface area contributed by atoms with Crippen LogP contribution >= 0.6 is 0 Å². The van der Waals surface area contributed by atoms with E-state index >= 15 is 0 Å². The van der Waals surface area contributed by atoms with Crippen molar-refractivity contribution in [2.75, 3.05) is 19.6 Å². The number of carbonyl (C=O) groups excluding carboxylic acids is 1. The summed E-state index contributed by atoms with van der Waals surface area (Å²) < 4.78 is 1.49. The van der Waals surface area contributed by atoms with Crippen LogP contribution in [0.2, 0.25) is 0 Å². The molecule has 0 saturated carbocycles. The number of amides is 1. The fourth-order valence-electron chi connectivity index (χ4n) is 3.49. The molecule has 0 spiro atoms. The Morgan fingerprint density at radius 3 is 2.86 bits per heavy atom. The Balaban J connectivity index is 1.55. The van der Waals surface area contributed by atoms with Gasteiger partial charge in [0.2, 0.25) is 0 Å². The number of likely N-dealkylation sites (tertiary alicyclic amines) is 1. The summed E-state index contributed by atoms with van der Waals surface area (Å²) in [5, 5.41) is 14.3. The van der Waals surface area contributed by atoms with Crippen molar-refractivity contribution in [2.45, 2.75) is 58.0 Å². The van der Waals surface area contributed by atoms with Crippen molar-refractivity contribution < 1.29 is 4.79 Å². The minimum absolute atomic E-state index is 0.0742. The van der Waals surface area contributed by atoms with Crippen molar-refractivity contribution in [3.05, 3.63) is 46.1 Å². The number of aromatic amines is 1. The van der Waals surface area contributed by atoms with Crippen LogP contribution in [0.1, 0.15) is 56.2 Å². The van der Waals surface area contributed by atoms with E-state index < -0.39 is 0 Å². The van der Waals surface area contributed by atoms with Crippen LogP contribution in [-0.4, -0.2) is 56.5 Å². The van der Waals surface area contributed by atoms with Crippen molar-refractivity contribution in [3.8, 4) is 0 Å². The van der Waals surface area contributed by atoms with Gasteiger partial charge < -0.3 is 5.32 Å². The smallest absolute Gasteiger partial charge is 0.271 e. The van der Waals surface area contributed by atoms with E-state index in [1.54, 1.807) is 12.3 Å². The zero-order chi connectivity index (χ0) is 20.1. The van der Waals surface area contributed by atoms with Gasteiger partial charge in [-0.2, -0.15) is 10.2 Å². The molecule has 1 aliphatic heterocycles. The highest BCUT2D eigenvalue weighted by atomic mass is 16.2. The van der Waals surface area contributed by atoms with Crippen LogP contribution < -0.4 is 10.9 Å². The zero-order valence-corrected chi connectivity index (χ0v) is 16.9. The maximum Gasteiger partial charge on any atom is 0.271 e. The highest BCUT2D eigenvalue weighted by Gasteiger charge is 2.24. The van der Waals surface area contributed by atoms with Gasteiger partial charge in [0.15, 0.2) is 0 Å². The van der Waals surface area contributed by atoms with Crippen molar-refractivity contribution in [2.24, 2.45) is 0 Å². The van der Waals surface area contributed by atoms with Crippen molar-refractivity contribution >= 4 is 5.91 Å². The number of rotatable bonds is 6. The molecule has 3 rings (SSSR count). The van der Waals surface area contributed by atoms with Gasteiger partial charge in [-0.05, 0) is 31.5 Å². The topological polar surface area (TPSA) is 95.9 Å². The second-order valence-corrected chi connectivity index (χ2v) is 8.40. The van der Waals surface area contributed by atoms with E-state index in [4.69, 9.17) is 0 Å². The lowest BCUT2D eigenvalue weighted by molar-refractivity contribution is 0.0904. The molecule has 152 valence electrons. The molecule has 8 nitrogen and oxygen atoms in total. The SMILES string of the molecule is CC(C)(C)c1cc(C(=O)NCC2CCCCN2CCn2ncccc2=O)n[nH]1. The first-order valence-electron chi connectivity index (χ1n) is 9.95. The summed E-state index contributed by atoms with van der Waals surface area (Å²) >= 11 is 0. The molecular formula is C20H30N6O2. The molecule has 0 bridgehead atoms. The summed E-state index contributed by atoms with van der Waals surface area (Å²) in [6.07, 6.45) is 4.95. The molecule has 0 aromatic carbocycles. The summed E-state index contributed by atoms with van der Waals surface area (Å²) in [5.41, 5.74) is 1.21. The molecule has 0 radical (unpaired) electrons. The molecule has 2 N–H and O–H groups in total. The van der Waals surface area contributed by atoms with Gasteiger partial charge in [0, 0.05) is 42.5 Å². The number of nitrogens with one attached hydrogen (secondary N) is 2. The first-order valence-corrected chi connectivity index (χ1v) is 9.95. The van der Waals surface area contributed by atoms with Gasteiger partial charge in [-0.3, -0.25) is 19.6 Å². The molecule has 1 aliphatic rings. The summed E-state index contributed by atoms with van der Waals surface area (Å²) in [6.45, 7) is 9.08. The molecule has 1 fully saturated rings. The minimum atomic E-state index is -0.154. The van der Waals surface area contributed by atoms with Gasteiger partial charge in [-0.25, -0.2) is 4.68 Å². The van der Waals surface area contributed by atoms with Crippen molar-refractivity contribution in [1.29, 1.82) is 0 Å². The zero-order valence-electron chi connectivity index (χ0n) is 16.9. The van der Waals surface area contributed by atoms with E-state index in [9.17, 15) is 9.59 Å². The van der Waals surface area contributed by atoms with Gasteiger partial charge in [0.1, 0.15) is 5.69 Å². The lowest BCUT2D eigenvalue weighted by atomic mass is 9.92. The third-order valence-electron chi connectivity index (χ3n) is 5.25. The minimum Gasteiger partial charge on any atom is -0.349 e. The molecular weight excluding hydrogens is 356 g/mol. The Kier molecular flexibility index (Phi) is 6.28. The van der Waals surface area contributed by atoms with Crippen LogP contribution in [0.4, 0.5) is 0 Å². The number of carbonyl (C=O) groups is 1. The fraction of sp³-hybridized carbons (Fsp3) is 0.600. The predicted octanol–water partition coefficient (Wildman–Crippen LogP) is 1.55. The van der Waals surface area contributed by atoms with Gasteiger partial charge in [0.05, 0.1) is 6.54 Å². The lowest BCUT2D eigenvalue weighted by Gasteiger charge is -2.35. The molecule has 2 aromatic heterocycles. The van der Waals surface area contributed by atoms with Crippen molar-refractivity contribution in [3.63, 3.8) is 0 Å². The maximum atomic E-state index is 12.5. The monoisotopic (exact) mass is 386 g/mol. The predicted molar refractivity (Wildman–Crippen MR) is 107 cm³/mol. The van der Waals surface area contributed by atoms with Gasteiger partial charge >= 0.3 is 0 Å². The summed E-state index contributed by atoms with van der Waals surface area (Å²) in [5.74, 6) is -0.154. The average Bonchev–Trinajstić information content (AvgIpc) is 3.17. The number of hydrogen-bond donors (Lipinski definition) is 2. The van der Waals surface area contributed by atoms with Gasteiger partial charge in [-0.1, -0.05) is 27.2 Å². The van der Waals surface area contributed by atoms with Crippen LogP contribution in [0.15, 0.2) is 29.2 Å². The Labute approximate surface area is 165 Å². The van der Waals surface area contributed by atoms with Gasteiger partial charge in [-0.15, -0.1) is 0 Å². The van der Waals surface area contributed by atoms with E-state index in [-0.39, 0.29) is 22.9 Å². The van der Waals surface area contributed by atoms with Crippen molar-refractivity contribution in [1.82, 2.24) is 30.2 Å². The average molecular weight is 386 g/mol. The summed E-state index contributed by atoms with van der Waals surface area (Å²) in [4.78, 5) is 26.7. The quantitative estimate of drug-likeness (QED) is 0.785. The number of piperidine rings is 1. The van der Waals surface area contributed by atoms with E-state index in [1.165, 1.54) is 10.7 Å². The van der Waals surface area contributed by atoms with Crippen LogP contribution in [0.25, 0.3) is 0 Å². The molecule has 1 amide bonds. The van der Waals surface area contributed by atoms with E-state index in [0.717, 1.165) is 38.0 Å². The van der Waals surface area contributed by atoms with Crippen LogP contribution in [0.5, 0.6) is 0 Å². The molecule has 28 heavy (non-hydrogen) atoms. The third kappa shape index (κ3) is 5.07. The molecule has 1 unspecified atom stereocenters. The normalized spacial score (nSPS) is 18.2. The molecule has 2 aromatic rings. The first kappa shape index (κ1) is 20.3. The van der Waals surface area contributed by atoms with Gasteiger partial charge in [0.25, 0.3) is 11.5 Å². The molecule has 1 saturated heterocycles. The second-order valence-electron chi connectivity index (χ2n) is 8.40. The summed E-state index contributed by atoms with van der Waals surface area (Å²) in [6, 6.07) is 5.26. The Hall–Kier alpha value is -2.48. The van der Waals surface area contributed by atoms with Crippen LogP contribution in [0, 0.1) is 0 Å². The molecule has 1 atom stereocenters.